The lowest BCUT2D eigenvalue weighted by molar-refractivity contribution is -0.385. The van der Waals surface area contributed by atoms with Crippen molar-refractivity contribution in [2.45, 2.75) is 18.2 Å². The van der Waals surface area contributed by atoms with Crippen molar-refractivity contribution in [2.75, 3.05) is 13.6 Å². The molecule has 0 saturated carbocycles. The number of rotatable bonds is 5. The molecule has 0 N–H and O–H groups in total. The maximum absolute atomic E-state index is 13.2. The lowest BCUT2D eigenvalue weighted by atomic mass is 10.1. The van der Waals surface area contributed by atoms with Crippen molar-refractivity contribution in [1.29, 1.82) is 0 Å². The van der Waals surface area contributed by atoms with Crippen LogP contribution in [0.2, 0.25) is 0 Å². The van der Waals surface area contributed by atoms with Gasteiger partial charge in [-0.1, -0.05) is 22.9 Å². The zero-order chi connectivity index (χ0) is 14.6. The van der Waals surface area contributed by atoms with Crippen molar-refractivity contribution >= 4 is 27.5 Å². The Balaban J connectivity index is 2.90. The van der Waals surface area contributed by atoms with Gasteiger partial charge in [0.05, 0.1) is 11.0 Å². The number of alkyl halides is 1. The maximum atomic E-state index is 13.2. The Kier molecular flexibility index (Phi) is 5.41. The Bertz CT molecular complexity index is 494. The van der Waals surface area contributed by atoms with E-state index in [1.165, 1.54) is 4.90 Å². The van der Waals surface area contributed by atoms with Crippen LogP contribution in [0.5, 0.6) is 0 Å². The molecule has 1 aromatic rings. The molecule has 0 radical (unpaired) electrons. The Morgan fingerprint density at radius 2 is 2.16 bits per heavy atom. The number of nitro benzene ring substituents is 1. The van der Waals surface area contributed by atoms with Crippen molar-refractivity contribution in [1.82, 2.24) is 4.90 Å². The van der Waals surface area contributed by atoms with Crippen LogP contribution >= 0.6 is 15.9 Å². The zero-order valence-corrected chi connectivity index (χ0v) is 12.2. The number of carbonyl (C=O) groups is 1. The first kappa shape index (κ1) is 15.6. The molecule has 0 bridgehead atoms. The molecular weight excluding hydrogens is 319 g/mol. The van der Waals surface area contributed by atoms with E-state index < -0.39 is 22.3 Å². The molecule has 19 heavy (non-hydrogen) atoms. The summed E-state index contributed by atoms with van der Waals surface area (Å²) in [5, 5.41) is 10.6. The minimum absolute atomic E-state index is 0.0172. The van der Waals surface area contributed by atoms with Gasteiger partial charge in [-0.25, -0.2) is 4.39 Å². The standard InChI is InChI=1S/C12H14BrFN2O3/c1-8(13)3-4-15(2)12(17)9-5-10(14)7-11(6-9)16(18)19/h5-8H,3-4H2,1-2H3. The normalized spacial score (nSPS) is 12.0. The van der Waals surface area contributed by atoms with Gasteiger partial charge in [-0.3, -0.25) is 14.9 Å². The van der Waals surface area contributed by atoms with Crippen molar-refractivity contribution in [3.63, 3.8) is 0 Å². The summed E-state index contributed by atoms with van der Waals surface area (Å²) in [7, 11) is 1.58. The van der Waals surface area contributed by atoms with E-state index in [-0.39, 0.29) is 10.4 Å². The fourth-order valence-electron chi connectivity index (χ4n) is 1.50. The monoisotopic (exact) mass is 332 g/mol. The van der Waals surface area contributed by atoms with E-state index in [4.69, 9.17) is 0 Å². The average molecular weight is 333 g/mol. The lowest BCUT2D eigenvalue weighted by Gasteiger charge is -2.17. The third-order valence-corrected chi connectivity index (χ3v) is 3.01. The van der Waals surface area contributed by atoms with Gasteiger partial charge in [0.15, 0.2) is 0 Å². The van der Waals surface area contributed by atoms with Crippen LogP contribution in [-0.2, 0) is 0 Å². The van der Waals surface area contributed by atoms with Crippen molar-refractivity contribution in [2.24, 2.45) is 0 Å². The van der Waals surface area contributed by atoms with Gasteiger partial charge in [0.25, 0.3) is 11.6 Å². The van der Waals surface area contributed by atoms with Gasteiger partial charge in [0.1, 0.15) is 5.82 Å². The Labute approximate surface area is 118 Å². The van der Waals surface area contributed by atoms with E-state index in [0.29, 0.717) is 6.54 Å². The predicted octanol–water partition coefficient (Wildman–Crippen LogP) is 2.98. The van der Waals surface area contributed by atoms with Crippen LogP contribution in [0.15, 0.2) is 18.2 Å². The van der Waals surface area contributed by atoms with E-state index in [0.717, 1.165) is 24.6 Å². The maximum Gasteiger partial charge on any atom is 0.273 e. The number of hydrogen-bond acceptors (Lipinski definition) is 3. The number of non-ortho nitro benzene ring substituents is 1. The quantitative estimate of drug-likeness (QED) is 0.473. The summed E-state index contributed by atoms with van der Waals surface area (Å²) in [5.74, 6) is -1.23. The van der Waals surface area contributed by atoms with Crippen LogP contribution in [0.3, 0.4) is 0 Å². The molecule has 5 nitrogen and oxygen atoms in total. The highest BCUT2D eigenvalue weighted by atomic mass is 79.9. The van der Waals surface area contributed by atoms with Gasteiger partial charge >= 0.3 is 0 Å². The molecule has 1 amide bonds. The first-order valence-corrected chi connectivity index (χ1v) is 6.57. The molecule has 1 rings (SSSR count). The third-order valence-electron chi connectivity index (χ3n) is 2.55. The second-order valence-electron chi connectivity index (χ2n) is 4.25. The Morgan fingerprint density at radius 3 is 2.68 bits per heavy atom. The third kappa shape index (κ3) is 4.59. The largest absolute Gasteiger partial charge is 0.342 e. The summed E-state index contributed by atoms with van der Waals surface area (Å²) in [4.78, 5) is 23.6. The molecule has 7 heteroatoms. The second kappa shape index (κ2) is 6.60. The van der Waals surface area contributed by atoms with Gasteiger partial charge in [0, 0.05) is 30.0 Å². The van der Waals surface area contributed by atoms with Crippen LogP contribution in [0.1, 0.15) is 23.7 Å². The Hall–Kier alpha value is -1.50. The van der Waals surface area contributed by atoms with Crippen molar-refractivity contribution in [3.8, 4) is 0 Å². The minimum atomic E-state index is -0.792. The van der Waals surface area contributed by atoms with E-state index in [9.17, 15) is 19.3 Å². The number of carbonyl (C=O) groups excluding carboxylic acids is 1. The summed E-state index contributed by atoms with van der Waals surface area (Å²) in [6.45, 7) is 2.43. The zero-order valence-electron chi connectivity index (χ0n) is 10.6. The lowest BCUT2D eigenvalue weighted by Crippen LogP contribution is -2.28. The van der Waals surface area contributed by atoms with Gasteiger partial charge < -0.3 is 4.90 Å². The van der Waals surface area contributed by atoms with E-state index in [1.54, 1.807) is 7.05 Å². The van der Waals surface area contributed by atoms with Crippen LogP contribution < -0.4 is 0 Å². The average Bonchev–Trinajstić information content (AvgIpc) is 2.34. The molecule has 0 heterocycles. The summed E-state index contributed by atoms with van der Waals surface area (Å²) in [6, 6.07) is 2.88. The minimum Gasteiger partial charge on any atom is -0.342 e. The first-order valence-electron chi connectivity index (χ1n) is 5.65. The van der Waals surface area contributed by atoms with Crippen LogP contribution in [0, 0.1) is 15.9 Å². The van der Waals surface area contributed by atoms with Crippen molar-refractivity contribution < 1.29 is 14.1 Å². The van der Waals surface area contributed by atoms with Gasteiger partial charge in [-0.05, 0) is 12.5 Å². The summed E-state index contributed by atoms with van der Waals surface area (Å²) in [6.07, 6.45) is 0.736. The summed E-state index contributed by atoms with van der Waals surface area (Å²) < 4.78 is 13.2. The molecule has 1 aromatic carbocycles. The highest BCUT2D eigenvalue weighted by Gasteiger charge is 2.17. The highest BCUT2D eigenvalue weighted by molar-refractivity contribution is 9.09. The van der Waals surface area contributed by atoms with Gasteiger partial charge in [-0.15, -0.1) is 0 Å². The molecule has 0 fully saturated rings. The number of hydrogen-bond donors (Lipinski definition) is 0. The summed E-state index contributed by atoms with van der Waals surface area (Å²) >= 11 is 3.36. The number of halogens is 2. The highest BCUT2D eigenvalue weighted by Crippen LogP contribution is 2.17. The first-order chi connectivity index (χ1) is 8.81. The number of benzene rings is 1. The molecule has 0 aliphatic heterocycles. The molecule has 0 aliphatic carbocycles. The Morgan fingerprint density at radius 1 is 1.53 bits per heavy atom. The molecule has 0 aliphatic rings. The molecule has 0 saturated heterocycles. The molecule has 1 unspecified atom stereocenters. The van der Waals surface area contributed by atoms with E-state index in [2.05, 4.69) is 15.9 Å². The SMILES string of the molecule is CC(Br)CCN(C)C(=O)c1cc(F)cc([N+](=O)[O-])c1. The molecule has 1 atom stereocenters. The molecule has 0 aromatic heterocycles. The van der Waals surface area contributed by atoms with Crippen LogP contribution in [0.25, 0.3) is 0 Å². The molecular formula is C12H14BrFN2O3. The number of nitro groups is 1. The number of nitrogens with zero attached hydrogens (tertiary/aromatic N) is 2. The van der Waals surface area contributed by atoms with Gasteiger partial charge in [-0.2, -0.15) is 0 Å². The fourth-order valence-corrected chi connectivity index (χ4v) is 1.70. The van der Waals surface area contributed by atoms with E-state index >= 15 is 0 Å². The van der Waals surface area contributed by atoms with Gasteiger partial charge in [0.2, 0.25) is 0 Å². The van der Waals surface area contributed by atoms with Crippen LogP contribution in [-0.4, -0.2) is 34.2 Å². The van der Waals surface area contributed by atoms with Crippen LogP contribution in [0.4, 0.5) is 10.1 Å². The second-order valence-corrected chi connectivity index (χ2v) is 5.81. The topological polar surface area (TPSA) is 63.5 Å². The van der Waals surface area contributed by atoms with Crippen molar-refractivity contribution in [3.05, 3.63) is 39.7 Å². The molecule has 104 valence electrons. The summed E-state index contributed by atoms with van der Waals surface area (Å²) in [5.41, 5.74) is -0.443. The predicted molar refractivity (Wildman–Crippen MR) is 73.0 cm³/mol. The number of amides is 1. The molecule has 0 spiro atoms. The smallest absolute Gasteiger partial charge is 0.273 e. The van der Waals surface area contributed by atoms with E-state index in [1.807, 2.05) is 6.92 Å². The fraction of sp³-hybridized carbons (Fsp3) is 0.417.